The number of halogens is 1. The molecule has 1 aliphatic rings. The Balaban J connectivity index is 1.90. The molecule has 0 radical (unpaired) electrons. The zero-order chi connectivity index (χ0) is 14.9. The zero-order valence-corrected chi connectivity index (χ0v) is 13.4. The highest BCUT2D eigenvalue weighted by molar-refractivity contribution is 9.10. The number of fused-ring (bicyclic) bond motifs is 1. The van der Waals surface area contributed by atoms with Crippen molar-refractivity contribution >= 4 is 26.0 Å². The SMILES string of the molecule is O=S(=O)(NC1CCOc2ccccc21)c1cncc(Br)c1. The molecule has 1 unspecified atom stereocenters. The molecule has 21 heavy (non-hydrogen) atoms. The summed E-state index contributed by atoms with van der Waals surface area (Å²) in [5, 5.41) is 0. The third kappa shape index (κ3) is 3.09. The quantitative estimate of drug-likeness (QED) is 0.903. The lowest BCUT2D eigenvalue weighted by Gasteiger charge is -2.26. The van der Waals surface area contributed by atoms with Crippen molar-refractivity contribution in [2.45, 2.75) is 17.4 Å². The topological polar surface area (TPSA) is 68.3 Å². The molecule has 2 aromatic rings. The van der Waals surface area contributed by atoms with Gasteiger partial charge in [-0.15, -0.1) is 0 Å². The van der Waals surface area contributed by atoms with Gasteiger partial charge in [0, 0.05) is 28.9 Å². The van der Waals surface area contributed by atoms with E-state index < -0.39 is 10.0 Å². The van der Waals surface area contributed by atoms with Gasteiger partial charge in [0.15, 0.2) is 0 Å². The monoisotopic (exact) mass is 368 g/mol. The van der Waals surface area contributed by atoms with Crippen molar-refractivity contribution < 1.29 is 13.2 Å². The summed E-state index contributed by atoms with van der Waals surface area (Å²) in [6.45, 7) is 0.487. The van der Waals surface area contributed by atoms with Crippen molar-refractivity contribution in [2.24, 2.45) is 0 Å². The van der Waals surface area contributed by atoms with Gasteiger partial charge in [-0.1, -0.05) is 18.2 Å². The molecule has 0 bridgehead atoms. The summed E-state index contributed by atoms with van der Waals surface area (Å²) in [4.78, 5) is 4.04. The number of aromatic nitrogens is 1. The van der Waals surface area contributed by atoms with Crippen molar-refractivity contribution in [3.63, 3.8) is 0 Å². The molecule has 3 rings (SSSR count). The predicted octanol–water partition coefficient (Wildman–Crippen LogP) is 2.65. The van der Waals surface area contributed by atoms with E-state index in [-0.39, 0.29) is 10.9 Å². The Morgan fingerprint density at radius 1 is 1.29 bits per heavy atom. The zero-order valence-electron chi connectivity index (χ0n) is 11.0. The molecule has 1 aromatic heterocycles. The Labute approximate surface area is 131 Å². The van der Waals surface area contributed by atoms with Gasteiger partial charge in [-0.25, -0.2) is 13.1 Å². The summed E-state index contributed by atoms with van der Waals surface area (Å²) >= 11 is 3.23. The van der Waals surface area contributed by atoms with E-state index in [9.17, 15) is 8.42 Å². The minimum atomic E-state index is -3.62. The normalized spacial score (nSPS) is 17.9. The first-order valence-corrected chi connectivity index (χ1v) is 8.68. The number of hydrogen-bond acceptors (Lipinski definition) is 4. The van der Waals surface area contributed by atoms with Crippen LogP contribution in [0.2, 0.25) is 0 Å². The smallest absolute Gasteiger partial charge is 0.242 e. The largest absolute Gasteiger partial charge is 0.493 e. The van der Waals surface area contributed by atoms with Crippen molar-refractivity contribution in [1.29, 1.82) is 0 Å². The number of para-hydroxylation sites is 1. The molecule has 0 amide bonds. The lowest BCUT2D eigenvalue weighted by molar-refractivity contribution is 0.263. The van der Waals surface area contributed by atoms with Crippen LogP contribution in [0, 0.1) is 0 Å². The van der Waals surface area contributed by atoms with Gasteiger partial charge < -0.3 is 4.74 Å². The number of hydrogen-bond donors (Lipinski definition) is 1. The van der Waals surface area contributed by atoms with Crippen LogP contribution in [0.25, 0.3) is 0 Å². The van der Waals surface area contributed by atoms with Crippen LogP contribution in [-0.4, -0.2) is 20.0 Å². The average molecular weight is 369 g/mol. The highest BCUT2D eigenvalue weighted by Crippen LogP contribution is 2.32. The van der Waals surface area contributed by atoms with Gasteiger partial charge in [-0.3, -0.25) is 4.98 Å². The first-order chi connectivity index (χ1) is 10.1. The maximum Gasteiger partial charge on any atom is 0.242 e. The van der Waals surface area contributed by atoms with Crippen molar-refractivity contribution in [3.8, 4) is 5.75 Å². The molecule has 0 aliphatic carbocycles. The molecule has 0 spiro atoms. The van der Waals surface area contributed by atoms with Gasteiger partial charge >= 0.3 is 0 Å². The number of benzene rings is 1. The van der Waals surface area contributed by atoms with Crippen LogP contribution in [0.15, 0.2) is 52.1 Å². The van der Waals surface area contributed by atoms with Crippen molar-refractivity contribution in [3.05, 3.63) is 52.8 Å². The number of pyridine rings is 1. The van der Waals surface area contributed by atoms with E-state index >= 15 is 0 Å². The molecule has 0 saturated carbocycles. The molecule has 0 fully saturated rings. The number of nitrogens with zero attached hydrogens (tertiary/aromatic N) is 1. The van der Waals surface area contributed by atoms with Crippen LogP contribution in [-0.2, 0) is 10.0 Å². The lowest BCUT2D eigenvalue weighted by atomic mass is 10.0. The van der Waals surface area contributed by atoms with Crippen LogP contribution in [0.4, 0.5) is 0 Å². The molecule has 0 saturated heterocycles. The number of sulfonamides is 1. The van der Waals surface area contributed by atoms with Crippen LogP contribution in [0.3, 0.4) is 0 Å². The molecule has 5 nitrogen and oxygen atoms in total. The second kappa shape index (κ2) is 5.75. The Bertz CT molecular complexity index is 764. The maximum absolute atomic E-state index is 12.4. The van der Waals surface area contributed by atoms with E-state index in [2.05, 4.69) is 25.6 Å². The Morgan fingerprint density at radius 2 is 2.10 bits per heavy atom. The van der Waals surface area contributed by atoms with Crippen LogP contribution >= 0.6 is 15.9 Å². The molecule has 1 atom stereocenters. The highest BCUT2D eigenvalue weighted by atomic mass is 79.9. The Hall–Kier alpha value is -1.44. The molecule has 110 valence electrons. The van der Waals surface area contributed by atoms with Crippen LogP contribution < -0.4 is 9.46 Å². The minimum Gasteiger partial charge on any atom is -0.493 e. The molecule has 1 aliphatic heterocycles. The van der Waals surface area contributed by atoms with E-state index in [1.165, 1.54) is 12.3 Å². The van der Waals surface area contributed by atoms with E-state index in [1.54, 1.807) is 6.20 Å². The second-order valence-electron chi connectivity index (χ2n) is 4.69. The molecular formula is C14H13BrN2O3S. The molecule has 2 heterocycles. The molecule has 7 heteroatoms. The number of rotatable bonds is 3. The minimum absolute atomic E-state index is 0.140. The van der Waals surface area contributed by atoms with Crippen LogP contribution in [0.1, 0.15) is 18.0 Å². The standard InChI is InChI=1S/C14H13BrN2O3S/c15-10-7-11(9-16-8-10)21(18,19)17-13-5-6-20-14-4-2-1-3-12(13)14/h1-4,7-9,13,17H,5-6H2. The van der Waals surface area contributed by atoms with Gasteiger partial charge in [0.05, 0.1) is 12.6 Å². The summed E-state index contributed by atoms with van der Waals surface area (Å²) < 4.78 is 33.8. The summed E-state index contributed by atoms with van der Waals surface area (Å²) in [7, 11) is -3.62. The fourth-order valence-electron chi connectivity index (χ4n) is 2.26. The first-order valence-electron chi connectivity index (χ1n) is 6.41. The molecule has 1 N–H and O–H groups in total. The molecular weight excluding hydrogens is 356 g/mol. The summed E-state index contributed by atoms with van der Waals surface area (Å²) in [6.07, 6.45) is 3.47. The lowest BCUT2D eigenvalue weighted by Crippen LogP contribution is -2.32. The van der Waals surface area contributed by atoms with E-state index in [4.69, 9.17) is 4.74 Å². The second-order valence-corrected chi connectivity index (χ2v) is 7.32. The van der Waals surface area contributed by atoms with E-state index in [1.807, 2.05) is 24.3 Å². The van der Waals surface area contributed by atoms with Gasteiger partial charge in [-0.05, 0) is 28.1 Å². The fourth-order valence-corrected chi connectivity index (χ4v) is 4.01. The average Bonchev–Trinajstić information content (AvgIpc) is 2.47. The van der Waals surface area contributed by atoms with Gasteiger partial charge in [0.1, 0.15) is 10.6 Å². The fraction of sp³-hybridized carbons (Fsp3) is 0.214. The van der Waals surface area contributed by atoms with Gasteiger partial charge in [0.25, 0.3) is 0 Å². The Morgan fingerprint density at radius 3 is 2.90 bits per heavy atom. The van der Waals surface area contributed by atoms with Crippen LogP contribution in [0.5, 0.6) is 5.75 Å². The first kappa shape index (κ1) is 14.5. The highest BCUT2D eigenvalue weighted by Gasteiger charge is 2.26. The van der Waals surface area contributed by atoms with E-state index in [0.717, 1.165) is 11.3 Å². The van der Waals surface area contributed by atoms with Crippen molar-refractivity contribution in [1.82, 2.24) is 9.71 Å². The molecule has 1 aromatic carbocycles. The van der Waals surface area contributed by atoms with E-state index in [0.29, 0.717) is 17.5 Å². The summed E-state index contributed by atoms with van der Waals surface area (Å²) in [5.41, 5.74) is 0.857. The summed E-state index contributed by atoms with van der Waals surface area (Å²) in [5.74, 6) is 0.726. The number of nitrogens with one attached hydrogen (secondary N) is 1. The maximum atomic E-state index is 12.4. The van der Waals surface area contributed by atoms with Crippen molar-refractivity contribution in [2.75, 3.05) is 6.61 Å². The predicted molar refractivity (Wildman–Crippen MR) is 81.6 cm³/mol. The third-order valence-electron chi connectivity index (χ3n) is 3.25. The third-order valence-corrected chi connectivity index (χ3v) is 5.12. The van der Waals surface area contributed by atoms with Gasteiger partial charge in [0.2, 0.25) is 10.0 Å². The number of ether oxygens (including phenoxy) is 1. The Kier molecular flexibility index (Phi) is 3.97. The summed E-state index contributed by atoms with van der Waals surface area (Å²) in [6, 6.07) is 8.69. The van der Waals surface area contributed by atoms with Gasteiger partial charge in [-0.2, -0.15) is 0 Å².